The van der Waals surface area contributed by atoms with E-state index in [0.717, 1.165) is 38.1 Å². The number of hydrogen-bond donors (Lipinski definition) is 1. The summed E-state index contributed by atoms with van der Waals surface area (Å²) in [6, 6.07) is 5.25. The van der Waals surface area contributed by atoms with Crippen molar-refractivity contribution in [1.29, 1.82) is 0 Å². The molecule has 8 heteroatoms. The zero-order chi connectivity index (χ0) is 20.0. The Bertz CT molecular complexity index is 631. The van der Waals surface area contributed by atoms with Crippen molar-refractivity contribution >= 4 is 35.1 Å². The van der Waals surface area contributed by atoms with E-state index in [9.17, 15) is 18.0 Å². The molecule has 1 amide bonds. The second kappa shape index (κ2) is 10.3. The Morgan fingerprint density at radius 2 is 1.82 bits per heavy atom. The third-order valence-electron chi connectivity index (χ3n) is 5.33. The van der Waals surface area contributed by atoms with Crippen molar-refractivity contribution in [2.45, 2.75) is 37.9 Å². The van der Waals surface area contributed by atoms with Gasteiger partial charge in [-0.25, -0.2) is 0 Å². The van der Waals surface area contributed by atoms with Crippen LogP contribution in [0.25, 0.3) is 0 Å². The summed E-state index contributed by atoms with van der Waals surface area (Å²) in [5.41, 5.74) is -0.293. The van der Waals surface area contributed by atoms with Crippen LogP contribution in [0.1, 0.15) is 31.2 Å². The van der Waals surface area contributed by atoms with Crippen LogP contribution in [-0.2, 0) is 11.0 Å². The van der Waals surface area contributed by atoms with Crippen LogP contribution in [0.4, 0.5) is 18.9 Å². The molecule has 0 aromatic heterocycles. The molecule has 0 spiro atoms. The van der Waals surface area contributed by atoms with E-state index in [4.69, 9.17) is 0 Å². The summed E-state index contributed by atoms with van der Waals surface area (Å²) in [5, 5.41) is 2.72. The summed E-state index contributed by atoms with van der Waals surface area (Å²) in [4.78, 5) is 14.8. The first-order valence-corrected chi connectivity index (χ1v) is 12.1. The van der Waals surface area contributed by atoms with Crippen molar-refractivity contribution in [2.75, 3.05) is 41.4 Å². The van der Waals surface area contributed by atoms with Gasteiger partial charge in [0.1, 0.15) is 0 Å². The van der Waals surface area contributed by atoms with Crippen LogP contribution < -0.4 is 5.32 Å². The summed E-state index contributed by atoms with van der Waals surface area (Å²) < 4.78 is 37.8. The molecule has 0 bridgehead atoms. The molecule has 0 aliphatic carbocycles. The number of nitrogens with zero attached hydrogens (tertiary/aromatic N) is 1. The van der Waals surface area contributed by atoms with Gasteiger partial charge in [-0.3, -0.25) is 9.69 Å². The quantitative estimate of drug-likeness (QED) is 0.711. The van der Waals surface area contributed by atoms with E-state index < -0.39 is 11.7 Å². The lowest BCUT2D eigenvalue weighted by Crippen LogP contribution is -2.45. The van der Waals surface area contributed by atoms with Gasteiger partial charge >= 0.3 is 6.18 Å². The summed E-state index contributed by atoms with van der Waals surface area (Å²) in [6.07, 6.45) is -0.790. The van der Waals surface area contributed by atoms with E-state index in [1.165, 1.54) is 41.6 Å². The standard InChI is InChI=1S/C20H27F3N2OS2/c21-20(22,23)16-4-6-17(7-5-16)24-19(26)8-3-15-2-1-9-25(12-15)18-13-27-10-11-28-14-18/h4-7,15,18H,1-3,8-14H2,(H,24,26)/t15-/m0/s1. The minimum atomic E-state index is -4.36. The zero-order valence-corrected chi connectivity index (χ0v) is 17.5. The first kappa shape index (κ1) is 21.8. The summed E-state index contributed by atoms with van der Waals surface area (Å²) in [6.45, 7) is 2.21. The van der Waals surface area contributed by atoms with Gasteiger partial charge in [0.25, 0.3) is 0 Å². The maximum atomic E-state index is 12.6. The fourth-order valence-electron chi connectivity index (χ4n) is 3.78. The smallest absolute Gasteiger partial charge is 0.326 e. The lowest BCUT2D eigenvalue weighted by atomic mass is 9.92. The molecular formula is C20H27F3N2OS2. The van der Waals surface area contributed by atoms with E-state index in [1.807, 2.05) is 23.5 Å². The average molecular weight is 433 g/mol. The Balaban J connectivity index is 1.43. The van der Waals surface area contributed by atoms with Gasteiger partial charge in [-0.05, 0) is 56.0 Å². The van der Waals surface area contributed by atoms with Crippen molar-refractivity contribution in [1.82, 2.24) is 4.90 Å². The van der Waals surface area contributed by atoms with Crippen LogP contribution in [0, 0.1) is 5.92 Å². The molecule has 0 saturated carbocycles. The van der Waals surface area contributed by atoms with Crippen molar-refractivity contribution in [2.24, 2.45) is 5.92 Å². The van der Waals surface area contributed by atoms with Gasteiger partial charge in [-0.2, -0.15) is 36.7 Å². The maximum absolute atomic E-state index is 12.6. The Morgan fingerprint density at radius 3 is 2.46 bits per heavy atom. The average Bonchev–Trinajstić information content (AvgIpc) is 2.96. The number of amides is 1. The monoisotopic (exact) mass is 432 g/mol. The van der Waals surface area contributed by atoms with Gasteiger partial charge in [0, 0.05) is 47.7 Å². The number of carbonyl (C=O) groups is 1. The zero-order valence-electron chi connectivity index (χ0n) is 15.8. The van der Waals surface area contributed by atoms with Gasteiger partial charge in [0.2, 0.25) is 5.91 Å². The summed E-state index contributed by atoms with van der Waals surface area (Å²) in [5.74, 6) is 5.27. The van der Waals surface area contributed by atoms with Gasteiger partial charge in [0.05, 0.1) is 5.56 Å². The van der Waals surface area contributed by atoms with E-state index >= 15 is 0 Å². The molecule has 3 rings (SSSR count). The van der Waals surface area contributed by atoms with Crippen LogP contribution in [0.2, 0.25) is 0 Å². The summed E-state index contributed by atoms with van der Waals surface area (Å²) >= 11 is 4.09. The molecule has 1 N–H and O–H groups in total. The second-order valence-electron chi connectivity index (χ2n) is 7.47. The van der Waals surface area contributed by atoms with Crippen LogP contribution >= 0.6 is 23.5 Å². The number of likely N-dealkylation sites (tertiary alicyclic amines) is 1. The third kappa shape index (κ3) is 6.59. The third-order valence-corrected chi connectivity index (χ3v) is 7.82. The number of rotatable bonds is 5. The Hall–Kier alpha value is -0.860. The van der Waals surface area contributed by atoms with Crippen molar-refractivity contribution in [3.05, 3.63) is 29.8 Å². The number of alkyl halides is 3. The Kier molecular flexibility index (Phi) is 8.00. The molecule has 2 fully saturated rings. The Labute approximate surface area is 173 Å². The van der Waals surface area contributed by atoms with Crippen molar-refractivity contribution in [3.8, 4) is 0 Å². The molecule has 0 unspecified atom stereocenters. The topological polar surface area (TPSA) is 32.3 Å². The normalized spacial score (nSPS) is 22.6. The molecule has 0 radical (unpaired) electrons. The van der Waals surface area contributed by atoms with Crippen molar-refractivity contribution < 1.29 is 18.0 Å². The molecule has 1 atom stereocenters. The number of hydrogen-bond acceptors (Lipinski definition) is 4. The molecule has 2 aliphatic rings. The fraction of sp³-hybridized carbons (Fsp3) is 0.650. The molecule has 28 heavy (non-hydrogen) atoms. The molecule has 156 valence electrons. The van der Waals surface area contributed by atoms with Gasteiger partial charge in [-0.1, -0.05) is 0 Å². The SMILES string of the molecule is O=C(CC[C@@H]1CCCN(C2CSCCSC2)C1)Nc1ccc(C(F)(F)F)cc1. The predicted molar refractivity (Wildman–Crippen MR) is 112 cm³/mol. The molecule has 2 saturated heterocycles. The maximum Gasteiger partial charge on any atom is 0.416 e. The molecule has 2 aliphatic heterocycles. The largest absolute Gasteiger partial charge is 0.416 e. The first-order valence-electron chi connectivity index (χ1n) is 9.78. The van der Waals surface area contributed by atoms with E-state index in [-0.39, 0.29) is 5.91 Å². The number of thioether (sulfide) groups is 2. The first-order chi connectivity index (χ1) is 13.4. The van der Waals surface area contributed by atoms with Crippen LogP contribution in [0.5, 0.6) is 0 Å². The fourth-order valence-corrected chi connectivity index (χ4v) is 6.41. The predicted octanol–water partition coefficient (Wildman–Crippen LogP) is 4.98. The molecular weight excluding hydrogens is 405 g/mol. The lowest BCUT2D eigenvalue weighted by molar-refractivity contribution is -0.137. The second-order valence-corrected chi connectivity index (χ2v) is 9.77. The molecule has 2 heterocycles. The number of halogens is 3. The minimum Gasteiger partial charge on any atom is -0.326 e. The summed E-state index contributed by atoms with van der Waals surface area (Å²) in [7, 11) is 0. The highest BCUT2D eigenvalue weighted by atomic mass is 32.2. The highest BCUT2D eigenvalue weighted by Gasteiger charge is 2.30. The number of benzene rings is 1. The van der Waals surface area contributed by atoms with Crippen LogP contribution in [0.15, 0.2) is 24.3 Å². The number of piperidine rings is 1. The van der Waals surface area contributed by atoms with Crippen molar-refractivity contribution in [3.63, 3.8) is 0 Å². The van der Waals surface area contributed by atoms with E-state index in [0.29, 0.717) is 24.1 Å². The van der Waals surface area contributed by atoms with Gasteiger partial charge < -0.3 is 5.32 Å². The highest BCUT2D eigenvalue weighted by Crippen LogP contribution is 2.30. The molecule has 1 aromatic carbocycles. The lowest BCUT2D eigenvalue weighted by Gasteiger charge is -2.37. The number of carbonyl (C=O) groups excluding carboxylic acids is 1. The van der Waals surface area contributed by atoms with Gasteiger partial charge in [-0.15, -0.1) is 0 Å². The Morgan fingerprint density at radius 1 is 1.14 bits per heavy atom. The van der Waals surface area contributed by atoms with E-state index in [1.54, 1.807) is 0 Å². The van der Waals surface area contributed by atoms with Crippen LogP contribution in [-0.4, -0.2) is 52.9 Å². The molecule has 1 aromatic rings. The number of anilines is 1. The van der Waals surface area contributed by atoms with Crippen LogP contribution in [0.3, 0.4) is 0 Å². The minimum absolute atomic E-state index is 0.127. The van der Waals surface area contributed by atoms with E-state index in [2.05, 4.69) is 10.2 Å². The van der Waals surface area contributed by atoms with Gasteiger partial charge in [0.15, 0.2) is 0 Å². The molecule has 3 nitrogen and oxygen atoms in total. The number of nitrogens with one attached hydrogen (secondary N) is 1. The highest BCUT2D eigenvalue weighted by molar-refractivity contribution is 8.03.